The van der Waals surface area contributed by atoms with Crippen LogP contribution in [0, 0.1) is 0 Å². The Kier molecular flexibility index (Phi) is 6.10. The summed E-state index contributed by atoms with van der Waals surface area (Å²) < 4.78 is 46.1. The van der Waals surface area contributed by atoms with Crippen LogP contribution < -0.4 is 15.4 Å². The molecule has 2 aromatic rings. The molecule has 1 aliphatic heterocycles. The highest BCUT2D eigenvalue weighted by Gasteiger charge is 2.35. The number of ether oxygens (including phenoxy) is 1. The first-order valence-corrected chi connectivity index (χ1v) is 9.22. The first kappa shape index (κ1) is 20.7. The number of carbonyl (C=O) groups excluding carboxylic acids is 2. The first-order valence-electron chi connectivity index (χ1n) is 9.22. The average molecular weight is 406 g/mol. The summed E-state index contributed by atoms with van der Waals surface area (Å²) in [6.07, 6.45) is -4.21. The van der Waals surface area contributed by atoms with Crippen molar-refractivity contribution < 1.29 is 27.5 Å². The molecular formula is C21H21F3N2O3. The molecule has 1 aliphatic rings. The second-order valence-corrected chi connectivity index (χ2v) is 6.82. The van der Waals surface area contributed by atoms with Crippen LogP contribution >= 0.6 is 0 Å². The number of halogens is 3. The maximum Gasteiger partial charge on any atom is 0.417 e. The van der Waals surface area contributed by atoms with E-state index in [9.17, 15) is 22.8 Å². The van der Waals surface area contributed by atoms with Crippen LogP contribution in [0.2, 0.25) is 0 Å². The highest BCUT2D eigenvalue weighted by atomic mass is 19.4. The molecule has 1 atom stereocenters. The Balaban J connectivity index is 1.70. The Morgan fingerprint density at radius 2 is 1.79 bits per heavy atom. The summed E-state index contributed by atoms with van der Waals surface area (Å²) in [5, 5.41) is 5.27. The van der Waals surface area contributed by atoms with Crippen LogP contribution in [0.5, 0.6) is 5.75 Å². The van der Waals surface area contributed by atoms with Gasteiger partial charge in [0.05, 0.1) is 12.1 Å². The van der Waals surface area contributed by atoms with Crippen molar-refractivity contribution in [1.29, 1.82) is 0 Å². The molecule has 3 rings (SSSR count). The van der Waals surface area contributed by atoms with E-state index in [1.54, 1.807) is 18.2 Å². The molecule has 2 N–H and O–H groups in total. The molecule has 0 saturated heterocycles. The van der Waals surface area contributed by atoms with E-state index in [2.05, 4.69) is 10.6 Å². The lowest BCUT2D eigenvalue weighted by Crippen LogP contribution is -2.36. The van der Waals surface area contributed by atoms with Gasteiger partial charge in [-0.2, -0.15) is 13.2 Å². The molecule has 0 saturated carbocycles. The van der Waals surface area contributed by atoms with Crippen LogP contribution in [-0.2, 0) is 22.2 Å². The monoisotopic (exact) mass is 406 g/mol. The maximum absolute atomic E-state index is 13.4. The number of nitrogens with one attached hydrogen (secondary N) is 2. The van der Waals surface area contributed by atoms with Crippen molar-refractivity contribution in [3.8, 4) is 16.9 Å². The summed E-state index contributed by atoms with van der Waals surface area (Å²) >= 11 is 0. The predicted molar refractivity (Wildman–Crippen MR) is 101 cm³/mol. The number of hydrogen-bond acceptors (Lipinski definition) is 3. The summed E-state index contributed by atoms with van der Waals surface area (Å²) in [4.78, 5) is 22.7. The second-order valence-electron chi connectivity index (χ2n) is 6.82. The third-order valence-corrected chi connectivity index (χ3v) is 4.60. The Morgan fingerprint density at radius 3 is 2.52 bits per heavy atom. The van der Waals surface area contributed by atoms with Crippen LogP contribution in [0.25, 0.3) is 11.1 Å². The van der Waals surface area contributed by atoms with E-state index in [1.165, 1.54) is 19.1 Å². The van der Waals surface area contributed by atoms with Gasteiger partial charge in [0.15, 0.2) is 0 Å². The lowest BCUT2D eigenvalue weighted by molar-refractivity contribution is -0.137. The summed E-state index contributed by atoms with van der Waals surface area (Å²) in [7, 11) is 0. The van der Waals surface area contributed by atoms with Crippen molar-refractivity contribution in [3.63, 3.8) is 0 Å². The van der Waals surface area contributed by atoms with Gasteiger partial charge in [-0.1, -0.05) is 36.4 Å². The standard InChI is InChI=1S/C21H21F3N2O3/c1-13(27)25-10-9-19(28)26-12-15-11-14-5-4-7-17(20(14)29-15)16-6-2-3-8-18(16)21(22,23)24/h2-8,15H,9-12H2,1H3,(H,25,27)(H,26,28). The Hall–Kier alpha value is -3.03. The number of fused-ring (bicyclic) bond motifs is 1. The number of amides is 2. The number of para-hydroxylation sites is 1. The van der Waals surface area contributed by atoms with Gasteiger partial charge < -0.3 is 15.4 Å². The molecule has 5 nitrogen and oxygen atoms in total. The fourth-order valence-corrected chi connectivity index (χ4v) is 3.30. The molecule has 8 heteroatoms. The molecule has 1 heterocycles. The zero-order valence-electron chi connectivity index (χ0n) is 15.8. The average Bonchev–Trinajstić information content (AvgIpc) is 3.08. The van der Waals surface area contributed by atoms with Crippen LogP contribution in [0.3, 0.4) is 0 Å². The summed E-state index contributed by atoms with van der Waals surface area (Å²) in [6, 6.07) is 10.5. The van der Waals surface area contributed by atoms with Gasteiger partial charge >= 0.3 is 6.18 Å². The molecule has 0 radical (unpaired) electrons. The Bertz CT molecular complexity index is 912. The van der Waals surface area contributed by atoms with Crippen molar-refractivity contribution >= 4 is 11.8 Å². The molecule has 0 fully saturated rings. The maximum atomic E-state index is 13.4. The van der Waals surface area contributed by atoms with Crippen molar-refractivity contribution in [3.05, 3.63) is 53.6 Å². The minimum atomic E-state index is -4.47. The molecule has 2 aromatic carbocycles. The van der Waals surface area contributed by atoms with Gasteiger partial charge in [0, 0.05) is 31.9 Å². The number of alkyl halides is 3. The van der Waals surface area contributed by atoms with Crippen LogP contribution in [0.15, 0.2) is 42.5 Å². The predicted octanol–water partition coefficient (Wildman–Crippen LogP) is 3.32. The number of carbonyl (C=O) groups is 2. The van der Waals surface area contributed by atoms with E-state index < -0.39 is 11.7 Å². The third-order valence-electron chi connectivity index (χ3n) is 4.60. The third kappa shape index (κ3) is 5.07. The summed E-state index contributed by atoms with van der Waals surface area (Å²) in [6.45, 7) is 1.84. The molecule has 0 bridgehead atoms. The molecule has 0 aliphatic carbocycles. The fraction of sp³-hybridized carbons (Fsp3) is 0.333. The first-order chi connectivity index (χ1) is 13.8. The van der Waals surface area contributed by atoms with E-state index in [0.29, 0.717) is 17.7 Å². The lowest BCUT2D eigenvalue weighted by Gasteiger charge is -2.16. The summed E-state index contributed by atoms with van der Waals surface area (Å²) in [5.41, 5.74) is 0.537. The van der Waals surface area contributed by atoms with Crippen molar-refractivity contribution in [2.75, 3.05) is 13.1 Å². The fourth-order valence-electron chi connectivity index (χ4n) is 3.30. The Labute approximate surface area is 166 Å². The van der Waals surface area contributed by atoms with E-state index >= 15 is 0 Å². The molecule has 29 heavy (non-hydrogen) atoms. The van der Waals surface area contributed by atoms with E-state index in [1.807, 2.05) is 6.07 Å². The number of benzene rings is 2. The minimum absolute atomic E-state index is 0.0665. The highest BCUT2D eigenvalue weighted by molar-refractivity contribution is 5.78. The van der Waals surface area contributed by atoms with Gasteiger partial charge in [-0.25, -0.2) is 0 Å². The van der Waals surface area contributed by atoms with E-state index in [4.69, 9.17) is 4.74 Å². The second kappa shape index (κ2) is 8.55. The number of hydrogen-bond donors (Lipinski definition) is 2. The van der Waals surface area contributed by atoms with Crippen molar-refractivity contribution in [1.82, 2.24) is 10.6 Å². The van der Waals surface area contributed by atoms with Gasteiger partial charge in [-0.15, -0.1) is 0 Å². The van der Waals surface area contributed by atoms with Gasteiger partial charge in [0.25, 0.3) is 0 Å². The van der Waals surface area contributed by atoms with Gasteiger partial charge in [-0.05, 0) is 17.2 Å². The smallest absolute Gasteiger partial charge is 0.417 e. The topological polar surface area (TPSA) is 67.4 Å². The van der Waals surface area contributed by atoms with Gasteiger partial charge in [0.1, 0.15) is 11.9 Å². The lowest BCUT2D eigenvalue weighted by atomic mass is 9.96. The molecule has 0 spiro atoms. The number of rotatable bonds is 6. The normalized spacial score (nSPS) is 15.4. The minimum Gasteiger partial charge on any atom is -0.487 e. The quantitative estimate of drug-likeness (QED) is 0.774. The zero-order chi connectivity index (χ0) is 21.0. The zero-order valence-corrected chi connectivity index (χ0v) is 15.8. The molecule has 1 unspecified atom stereocenters. The molecule has 0 aromatic heterocycles. The summed E-state index contributed by atoms with van der Waals surface area (Å²) in [5.74, 6) is -0.0262. The van der Waals surface area contributed by atoms with Crippen molar-refractivity contribution in [2.24, 2.45) is 0 Å². The van der Waals surface area contributed by atoms with Crippen LogP contribution in [0.1, 0.15) is 24.5 Å². The molecular weight excluding hydrogens is 385 g/mol. The highest BCUT2D eigenvalue weighted by Crippen LogP contribution is 2.43. The van der Waals surface area contributed by atoms with E-state index in [0.717, 1.165) is 11.6 Å². The molecule has 154 valence electrons. The van der Waals surface area contributed by atoms with E-state index in [-0.39, 0.29) is 43.0 Å². The SMILES string of the molecule is CC(=O)NCCC(=O)NCC1Cc2cccc(-c3ccccc3C(F)(F)F)c2O1. The van der Waals surface area contributed by atoms with Crippen molar-refractivity contribution in [2.45, 2.75) is 32.0 Å². The van der Waals surface area contributed by atoms with Gasteiger partial charge in [0.2, 0.25) is 11.8 Å². The van der Waals surface area contributed by atoms with Gasteiger partial charge in [-0.3, -0.25) is 9.59 Å². The molecule has 2 amide bonds. The van der Waals surface area contributed by atoms with Crippen LogP contribution in [-0.4, -0.2) is 31.0 Å². The largest absolute Gasteiger partial charge is 0.487 e. The van der Waals surface area contributed by atoms with Crippen LogP contribution in [0.4, 0.5) is 13.2 Å². The Morgan fingerprint density at radius 1 is 1.07 bits per heavy atom.